The van der Waals surface area contributed by atoms with E-state index in [4.69, 9.17) is 20.5 Å². The van der Waals surface area contributed by atoms with Crippen molar-refractivity contribution in [2.75, 3.05) is 0 Å². The molecule has 98 valence electrons. The molecule has 0 amide bonds. The van der Waals surface area contributed by atoms with Crippen LogP contribution in [0.1, 0.15) is 24.1 Å². The van der Waals surface area contributed by atoms with E-state index in [2.05, 4.69) is 18.1 Å². The molecule has 0 bridgehead atoms. The highest BCUT2D eigenvalue weighted by Crippen LogP contribution is 2.35. The number of hydrogen-bond acceptors (Lipinski definition) is 3. The van der Waals surface area contributed by atoms with Gasteiger partial charge in [0, 0.05) is 17.4 Å². The summed E-state index contributed by atoms with van der Waals surface area (Å²) >= 11 is 6.31. The van der Waals surface area contributed by atoms with E-state index in [-0.39, 0.29) is 0 Å². The fourth-order valence-electron chi connectivity index (χ4n) is 2.38. The summed E-state index contributed by atoms with van der Waals surface area (Å²) in [5, 5.41) is 5.61. The van der Waals surface area contributed by atoms with Crippen LogP contribution in [0.3, 0.4) is 0 Å². The molecule has 0 unspecified atom stereocenters. The van der Waals surface area contributed by atoms with Crippen LogP contribution in [-0.4, -0.2) is 5.16 Å². The van der Waals surface area contributed by atoms with Gasteiger partial charge in [0.15, 0.2) is 5.58 Å². The average Bonchev–Trinajstić information content (AvgIpc) is 2.93. The van der Waals surface area contributed by atoms with Crippen molar-refractivity contribution in [3.05, 3.63) is 40.4 Å². The van der Waals surface area contributed by atoms with Crippen molar-refractivity contribution in [3.63, 3.8) is 0 Å². The Kier molecular flexibility index (Phi) is 2.86. The van der Waals surface area contributed by atoms with Gasteiger partial charge in [0.05, 0.1) is 10.7 Å². The predicted molar refractivity (Wildman–Crippen MR) is 75.6 cm³/mol. The maximum atomic E-state index is 6.31. The van der Waals surface area contributed by atoms with Crippen LogP contribution in [-0.2, 0) is 6.42 Å². The van der Waals surface area contributed by atoms with E-state index in [1.807, 2.05) is 26.0 Å². The number of rotatable bonds is 2. The van der Waals surface area contributed by atoms with Crippen LogP contribution < -0.4 is 0 Å². The second-order valence-electron chi connectivity index (χ2n) is 4.64. The summed E-state index contributed by atoms with van der Waals surface area (Å²) in [6.07, 6.45) is 0.853. The first-order chi connectivity index (χ1) is 9.10. The molecule has 19 heavy (non-hydrogen) atoms. The van der Waals surface area contributed by atoms with Crippen LogP contribution in [0.2, 0.25) is 5.02 Å². The second kappa shape index (κ2) is 4.42. The van der Waals surface area contributed by atoms with Gasteiger partial charge in [-0.1, -0.05) is 23.7 Å². The number of nitrogens with zero attached hydrogens (tertiary/aromatic N) is 1. The smallest absolute Gasteiger partial charge is 0.152 e. The van der Waals surface area contributed by atoms with E-state index in [1.165, 1.54) is 0 Å². The Balaban J connectivity index is 2.26. The highest BCUT2D eigenvalue weighted by Gasteiger charge is 2.15. The number of furan rings is 1. The van der Waals surface area contributed by atoms with Gasteiger partial charge in [-0.25, -0.2) is 0 Å². The molecule has 3 aromatic rings. The minimum atomic E-state index is 0.618. The van der Waals surface area contributed by atoms with Crippen molar-refractivity contribution in [1.29, 1.82) is 0 Å². The molecule has 4 heteroatoms. The van der Waals surface area contributed by atoms with Crippen molar-refractivity contribution >= 4 is 22.6 Å². The lowest BCUT2D eigenvalue weighted by Crippen LogP contribution is -1.82. The molecule has 1 aromatic carbocycles. The lowest BCUT2D eigenvalue weighted by atomic mass is 10.0. The van der Waals surface area contributed by atoms with Crippen LogP contribution in [0, 0.1) is 13.8 Å². The quantitative estimate of drug-likeness (QED) is 0.666. The third-order valence-corrected chi connectivity index (χ3v) is 3.57. The van der Waals surface area contributed by atoms with Gasteiger partial charge in [0.25, 0.3) is 0 Å². The van der Waals surface area contributed by atoms with Crippen LogP contribution in [0.15, 0.2) is 27.1 Å². The predicted octanol–water partition coefficient (Wildman–Crippen LogP) is 4.92. The molecule has 0 saturated carbocycles. The van der Waals surface area contributed by atoms with Crippen molar-refractivity contribution in [2.45, 2.75) is 27.2 Å². The molecular weight excluding hydrogens is 262 g/mol. The second-order valence-corrected chi connectivity index (χ2v) is 5.05. The molecule has 2 aromatic heterocycles. The Bertz CT molecular complexity index is 735. The molecule has 0 radical (unpaired) electrons. The Hall–Kier alpha value is -1.74. The van der Waals surface area contributed by atoms with Crippen LogP contribution in [0.25, 0.3) is 22.1 Å². The summed E-state index contributed by atoms with van der Waals surface area (Å²) in [5.41, 5.74) is 3.63. The molecule has 0 aliphatic rings. The van der Waals surface area contributed by atoms with E-state index >= 15 is 0 Å². The van der Waals surface area contributed by atoms with E-state index in [0.29, 0.717) is 5.02 Å². The van der Waals surface area contributed by atoms with E-state index in [9.17, 15) is 0 Å². The lowest BCUT2D eigenvalue weighted by molar-refractivity contribution is 0.393. The zero-order chi connectivity index (χ0) is 13.6. The van der Waals surface area contributed by atoms with E-state index in [1.54, 1.807) is 0 Å². The number of benzene rings is 1. The first-order valence-corrected chi connectivity index (χ1v) is 6.63. The van der Waals surface area contributed by atoms with Crippen LogP contribution in [0.4, 0.5) is 0 Å². The van der Waals surface area contributed by atoms with Gasteiger partial charge >= 0.3 is 0 Å². The lowest BCUT2D eigenvalue weighted by Gasteiger charge is -2.02. The van der Waals surface area contributed by atoms with Crippen LogP contribution >= 0.6 is 11.6 Å². The highest BCUT2D eigenvalue weighted by molar-refractivity contribution is 6.35. The summed E-state index contributed by atoms with van der Waals surface area (Å²) in [6.45, 7) is 5.89. The zero-order valence-corrected chi connectivity index (χ0v) is 11.8. The van der Waals surface area contributed by atoms with E-state index in [0.717, 1.165) is 45.7 Å². The molecule has 3 rings (SSSR count). The summed E-state index contributed by atoms with van der Waals surface area (Å²) in [5.74, 6) is 1.74. The Morgan fingerprint density at radius 3 is 2.63 bits per heavy atom. The van der Waals surface area contributed by atoms with Crippen molar-refractivity contribution in [2.24, 2.45) is 0 Å². The van der Waals surface area contributed by atoms with Crippen LogP contribution in [0.5, 0.6) is 0 Å². The van der Waals surface area contributed by atoms with Gasteiger partial charge in [-0.15, -0.1) is 0 Å². The highest BCUT2D eigenvalue weighted by atomic mass is 35.5. The first-order valence-electron chi connectivity index (χ1n) is 6.25. The third-order valence-electron chi connectivity index (χ3n) is 3.29. The van der Waals surface area contributed by atoms with Gasteiger partial charge in [-0.2, -0.15) is 0 Å². The number of aryl methyl sites for hydroxylation is 3. The molecule has 0 fully saturated rings. The Morgan fingerprint density at radius 2 is 2.00 bits per heavy atom. The topological polar surface area (TPSA) is 39.2 Å². The first kappa shape index (κ1) is 12.3. The zero-order valence-electron chi connectivity index (χ0n) is 11.1. The van der Waals surface area contributed by atoms with Gasteiger partial charge in [-0.05, 0) is 37.6 Å². The summed E-state index contributed by atoms with van der Waals surface area (Å²) < 4.78 is 10.9. The number of fused-ring (bicyclic) bond motifs is 1. The molecule has 0 N–H and O–H groups in total. The summed E-state index contributed by atoms with van der Waals surface area (Å²) in [7, 11) is 0. The summed E-state index contributed by atoms with van der Waals surface area (Å²) in [4.78, 5) is 0. The number of hydrogen-bond donors (Lipinski definition) is 0. The monoisotopic (exact) mass is 275 g/mol. The van der Waals surface area contributed by atoms with Crippen molar-refractivity contribution in [1.82, 2.24) is 5.16 Å². The standard InChI is InChI=1S/C15H14ClNO2/c1-4-12-6-11-5-10(7-13(16)15(11)18-12)14-8(2)17-19-9(14)3/h5-7H,4H2,1-3H3. The van der Waals surface area contributed by atoms with Gasteiger partial charge in [0.1, 0.15) is 11.5 Å². The molecule has 0 saturated heterocycles. The SMILES string of the molecule is CCc1cc2cc(-c3c(C)noc3C)cc(Cl)c2o1. The molecule has 0 spiro atoms. The maximum Gasteiger partial charge on any atom is 0.152 e. The minimum absolute atomic E-state index is 0.618. The molecular formula is C15H14ClNO2. The van der Waals surface area contributed by atoms with Gasteiger partial charge < -0.3 is 8.94 Å². The molecule has 0 aliphatic heterocycles. The summed E-state index contributed by atoms with van der Waals surface area (Å²) in [6, 6.07) is 6.00. The molecule has 2 heterocycles. The number of halogens is 1. The van der Waals surface area contributed by atoms with Crippen molar-refractivity contribution in [3.8, 4) is 11.1 Å². The van der Waals surface area contributed by atoms with Crippen molar-refractivity contribution < 1.29 is 8.94 Å². The largest absolute Gasteiger partial charge is 0.460 e. The fraction of sp³-hybridized carbons (Fsp3) is 0.267. The number of aromatic nitrogens is 1. The molecule has 3 nitrogen and oxygen atoms in total. The third kappa shape index (κ3) is 1.94. The normalized spacial score (nSPS) is 11.4. The fourth-order valence-corrected chi connectivity index (χ4v) is 2.64. The van der Waals surface area contributed by atoms with Gasteiger partial charge in [0.2, 0.25) is 0 Å². The average molecular weight is 276 g/mol. The minimum Gasteiger partial charge on any atom is -0.460 e. The Labute approximate surface area is 116 Å². The molecule has 0 atom stereocenters. The Morgan fingerprint density at radius 1 is 1.21 bits per heavy atom. The van der Waals surface area contributed by atoms with Gasteiger partial charge in [-0.3, -0.25) is 0 Å². The van der Waals surface area contributed by atoms with E-state index < -0.39 is 0 Å². The molecule has 0 aliphatic carbocycles. The maximum absolute atomic E-state index is 6.31.